The molecule has 0 fully saturated rings. The average molecular weight is 516 g/mol. The molecule has 3 aromatic rings. The van der Waals surface area contributed by atoms with E-state index in [0.717, 1.165) is 21.7 Å². The summed E-state index contributed by atoms with van der Waals surface area (Å²) in [7, 11) is 0. The summed E-state index contributed by atoms with van der Waals surface area (Å²) < 4.78 is 6.14. The third-order valence-electron chi connectivity index (χ3n) is 6.53. The highest BCUT2D eigenvalue weighted by molar-refractivity contribution is 8.04. The molecule has 1 aliphatic heterocycles. The molecule has 37 heavy (non-hydrogen) atoms. The summed E-state index contributed by atoms with van der Waals surface area (Å²) in [6.07, 6.45) is 2.37. The number of cyclic esters (lactones) is 1. The van der Waals surface area contributed by atoms with E-state index in [0.29, 0.717) is 25.7 Å². The van der Waals surface area contributed by atoms with Crippen molar-refractivity contribution < 1.29 is 19.4 Å². The molecule has 0 saturated heterocycles. The number of aliphatic hydroxyl groups is 1. The number of ether oxygens (including phenoxy) is 1. The van der Waals surface area contributed by atoms with Gasteiger partial charge in [0.25, 0.3) is 0 Å². The van der Waals surface area contributed by atoms with Crippen LogP contribution in [0.4, 0.5) is 5.69 Å². The number of thioether (sulfide) groups is 1. The van der Waals surface area contributed by atoms with Gasteiger partial charge in [0.2, 0.25) is 5.91 Å². The summed E-state index contributed by atoms with van der Waals surface area (Å²) in [5.74, 6) is -0.233. The minimum absolute atomic E-state index is 0.0467. The molecule has 0 radical (unpaired) electrons. The summed E-state index contributed by atoms with van der Waals surface area (Å²) in [6.45, 7) is 4.21. The van der Waals surface area contributed by atoms with Gasteiger partial charge in [-0.1, -0.05) is 92.3 Å². The molecule has 1 unspecified atom stereocenters. The minimum Gasteiger partial charge on any atom is -0.511 e. The first-order valence-electron chi connectivity index (χ1n) is 12.7. The van der Waals surface area contributed by atoms with Gasteiger partial charge in [-0.3, -0.25) is 4.79 Å². The van der Waals surface area contributed by atoms with E-state index in [2.05, 4.69) is 19.2 Å². The molecule has 1 aliphatic rings. The number of carbonyl (C=O) groups excluding carboxylic acids is 2. The third-order valence-corrected chi connectivity index (χ3v) is 7.73. The number of rotatable bonds is 10. The van der Waals surface area contributed by atoms with E-state index in [4.69, 9.17) is 4.74 Å². The van der Waals surface area contributed by atoms with Crippen LogP contribution in [0.2, 0.25) is 0 Å². The molecule has 0 aromatic heterocycles. The Balaban J connectivity index is 1.48. The lowest BCUT2D eigenvalue weighted by Crippen LogP contribution is -2.37. The number of carbonyl (C=O) groups is 2. The minimum atomic E-state index is -0.972. The average Bonchev–Trinajstić information content (AvgIpc) is 2.90. The summed E-state index contributed by atoms with van der Waals surface area (Å²) >= 11 is 1.27. The molecular formula is C31H33NO4S. The van der Waals surface area contributed by atoms with Crippen molar-refractivity contribution in [1.82, 2.24) is 0 Å². The van der Waals surface area contributed by atoms with Crippen LogP contribution in [-0.2, 0) is 19.9 Å². The monoisotopic (exact) mass is 515 g/mol. The molecule has 1 atom stereocenters. The first-order valence-corrected chi connectivity index (χ1v) is 13.5. The number of nitrogens with one attached hydrogen (secondary N) is 1. The predicted molar refractivity (Wildman–Crippen MR) is 148 cm³/mol. The van der Waals surface area contributed by atoms with Crippen molar-refractivity contribution in [1.29, 1.82) is 0 Å². The van der Waals surface area contributed by atoms with Gasteiger partial charge in [-0.05, 0) is 54.5 Å². The van der Waals surface area contributed by atoms with Crippen molar-refractivity contribution in [3.05, 3.63) is 107 Å². The van der Waals surface area contributed by atoms with Gasteiger partial charge < -0.3 is 15.2 Å². The fraction of sp³-hybridized carbons (Fsp3) is 0.290. The molecule has 0 aliphatic carbocycles. The molecule has 1 amide bonds. The summed E-state index contributed by atoms with van der Waals surface area (Å²) in [5.41, 5.74) is 1.76. The Morgan fingerprint density at radius 3 is 2.30 bits per heavy atom. The van der Waals surface area contributed by atoms with Gasteiger partial charge in [-0.2, -0.15) is 0 Å². The lowest BCUT2D eigenvalue weighted by Gasteiger charge is -2.37. The highest BCUT2D eigenvalue weighted by atomic mass is 32.2. The first kappa shape index (κ1) is 26.6. The Bertz CT molecular complexity index is 1260. The summed E-state index contributed by atoms with van der Waals surface area (Å²) in [4.78, 5) is 26.8. The predicted octanol–water partition coefficient (Wildman–Crippen LogP) is 7.71. The molecule has 4 rings (SSSR count). The van der Waals surface area contributed by atoms with Gasteiger partial charge in [-0.25, -0.2) is 4.79 Å². The molecule has 3 aromatic carbocycles. The number of esters is 1. The highest BCUT2D eigenvalue weighted by Crippen LogP contribution is 2.46. The van der Waals surface area contributed by atoms with Gasteiger partial charge in [0.1, 0.15) is 16.3 Å². The molecule has 1 heterocycles. The maximum absolute atomic E-state index is 13.3. The molecular weight excluding hydrogens is 482 g/mol. The molecule has 0 bridgehead atoms. The Morgan fingerprint density at radius 2 is 1.62 bits per heavy atom. The van der Waals surface area contributed by atoms with E-state index in [1.54, 1.807) is 0 Å². The largest absolute Gasteiger partial charge is 0.511 e. The van der Waals surface area contributed by atoms with Gasteiger partial charge in [0, 0.05) is 17.0 Å². The zero-order valence-corrected chi connectivity index (χ0v) is 22.1. The number of amides is 1. The number of hydrogen-bond donors (Lipinski definition) is 2. The summed E-state index contributed by atoms with van der Waals surface area (Å²) in [6, 6.07) is 26.9. The van der Waals surface area contributed by atoms with Crippen molar-refractivity contribution in [2.24, 2.45) is 0 Å². The summed E-state index contributed by atoms with van der Waals surface area (Å²) in [5, 5.41) is 14.0. The second-order valence-corrected chi connectivity index (χ2v) is 10.7. The number of hydrogen-bond acceptors (Lipinski definition) is 5. The van der Waals surface area contributed by atoms with E-state index in [1.165, 1.54) is 11.8 Å². The van der Waals surface area contributed by atoms with Crippen molar-refractivity contribution in [3.63, 3.8) is 0 Å². The molecule has 6 heteroatoms. The van der Waals surface area contributed by atoms with Crippen LogP contribution < -0.4 is 5.32 Å². The van der Waals surface area contributed by atoms with Crippen LogP contribution in [0.5, 0.6) is 0 Å². The van der Waals surface area contributed by atoms with Crippen molar-refractivity contribution in [3.8, 4) is 0 Å². The Labute approximate surface area is 222 Å². The lowest BCUT2D eigenvalue weighted by molar-refractivity contribution is -0.160. The zero-order valence-electron chi connectivity index (χ0n) is 21.3. The maximum Gasteiger partial charge on any atom is 0.349 e. The van der Waals surface area contributed by atoms with Crippen LogP contribution in [0.25, 0.3) is 0 Å². The second kappa shape index (κ2) is 12.2. The topological polar surface area (TPSA) is 75.6 Å². The maximum atomic E-state index is 13.3. The van der Waals surface area contributed by atoms with Gasteiger partial charge in [0.15, 0.2) is 0 Å². The van der Waals surface area contributed by atoms with Crippen LogP contribution >= 0.6 is 11.8 Å². The van der Waals surface area contributed by atoms with Crippen LogP contribution in [0.1, 0.15) is 63.0 Å². The normalized spacial score (nSPS) is 17.5. The quantitative estimate of drug-likeness (QED) is 0.214. The molecule has 2 N–H and O–H groups in total. The number of anilines is 1. The van der Waals surface area contributed by atoms with Crippen molar-refractivity contribution in [2.75, 3.05) is 5.32 Å². The Kier molecular flexibility index (Phi) is 8.72. The van der Waals surface area contributed by atoms with E-state index in [1.807, 2.05) is 84.9 Å². The van der Waals surface area contributed by atoms with Gasteiger partial charge in [0.05, 0.1) is 6.42 Å². The fourth-order valence-electron chi connectivity index (χ4n) is 4.62. The van der Waals surface area contributed by atoms with Crippen LogP contribution in [0, 0.1) is 0 Å². The van der Waals surface area contributed by atoms with Crippen molar-refractivity contribution in [2.45, 2.75) is 62.4 Å². The Morgan fingerprint density at radius 1 is 0.973 bits per heavy atom. The number of aliphatic hydroxyl groups excluding tert-OH is 1. The van der Waals surface area contributed by atoms with Gasteiger partial charge in [-0.15, -0.1) is 0 Å². The number of para-hydroxylation sites is 1. The molecule has 0 saturated carbocycles. The third kappa shape index (κ3) is 6.63. The molecule has 192 valence electrons. The zero-order chi connectivity index (χ0) is 26.3. The number of benzene rings is 3. The van der Waals surface area contributed by atoms with E-state index < -0.39 is 11.6 Å². The van der Waals surface area contributed by atoms with Crippen LogP contribution in [-0.4, -0.2) is 17.0 Å². The fourth-order valence-corrected chi connectivity index (χ4v) is 5.72. The standard InChI is InChI=1S/C31H33NO4S/c1-22(2)25-17-9-10-18-27(25)37-29-26(33)21-31(36-30(29)35,23-13-5-3-6-14-23)20-12-11-19-28(34)32-24-15-7-4-8-16-24/h3-10,13-18,22,33H,11-12,19-21H2,1-2H3,(H,32,34). The number of unbranched alkanes of at least 4 members (excludes halogenated alkanes) is 1. The van der Waals surface area contributed by atoms with Crippen molar-refractivity contribution >= 4 is 29.3 Å². The van der Waals surface area contributed by atoms with Gasteiger partial charge >= 0.3 is 5.97 Å². The smallest absolute Gasteiger partial charge is 0.349 e. The van der Waals surface area contributed by atoms with Crippen LogP contribution in [0.3, 0.4) is 0 Å². The SMILES string of the molecule is CC(C)c1ccccc1SC1=C(O)CC(CCCCC(=O)Nc2ccccc2)(c2ccccc2)OC1=O. The Hall–Kier alpha value is -3.51. The molecule has 5 nitrogen and oxygen atoms in total. The second-order valence-electron chi connectivity index (χ2n) is 9.62. The lowest BCUT2D eigenvalue weighted by atomic mass is 9.83. The van der Waals surface area contributed by atoms with E-state index in [9.17, 15) is 14.7 Å². The molecule has 0 spiro atoms. The first-order chi connectivity index (χ1) is 17.9. The van der Waals surface area contributed by atoms with E-state index in [-0.39, 0.29) is 28.9 Å². The van der Waals surface area contributed by atoms with E-state index >= 15 is 0 Å². The van der Waals surface area contributed by atoms with Crippen LogP contribution in [0.15, 0.2) is 100 Å². The highest BCUT2D eigenvalue weighted by Gasteiger charge is 2.43.